The first kappa shape index (κ1) is 21.0. The molecule has 2 aliphatic carbocycles. The lowest BCUT2D eigenvalue weighted by atomic mass is 9.76. The van der Waals surface area contributed by atoms with E-state index < -0.39 is 0 Å². The van der Waals surface area contributed by atoms with Gasteiger partial charge in [-0.3, -0.25) is 5.01 Å². The Bertz CT molecular complexity index is 1130. The monoisotopic (exact) mass is 448 g/mol. The molecule has 1 fully saturated rings. The van der Waals surface area contributed by atoms with E-state index in [9.17, 15) is 10.1 Å². The van der Waals surface area contributed by atoms with E-state index in [2.05, 4.69) is 16.1 Å². The van der Waals surface area contributed by atoms with Crippen LogP contribution < -0.4 is 5.01 Å². The summed E-state index contributed by atoms with van der Waals surface area (Å²) in [6, 6.07) is 11.7. The van der Waals surface area contributed by atoms with Crippen molar-refractivity contribution in [3.63, 3.8) is 0 Å². The van der Waals surface area contributed by atoms with Gasteiger partial charge in [0, 0.05) is 11.5 Å². The Kier molecular flexibility index (Phi) is 5.60. The number of esters is 1. The molecule has 0 radical (unpaired) electrons. The first-order valence-electron chi connectivity index (χ1n) is 11.4. The molecule has 164 valence electrons. The quantitative estimate of drug-likeness (QED) is 0.606. The smallest absolute Gasteiger partial charge is 0.356 e. The highest BCUT2D eigenvalue weighted by Crippen LogP contribution is 2.44. The van der Waals surface area contributed by atoms with Crippen molar-refractivity contribution in [2.45, 2.75) is 51.5 Å². The van der Waals surface area contributed by atoms with Crippen molar-refractivity contribution < 1.29 is 9.53 Å². The number of hydrazone groups is 1. The molecular weight excluding hydrogens is 424 g/mol. The maximum Gasteiger partial charge on any atom is 0.356 e. The number of benzene rings is 1. The standard InChI is InChI=1S/C25H25ClN4O2/c1-2-32-25(31)22-12-9-18-21(28-22)11-10-19-23(18)29-30(24(19)15-5-3-4-6-15)17-8-7-16(14-27)20(26)13-17/h7-9,12-13,15,19,24H,2-6,10-11H2,1H3. The molecule has 0 N–H and O–H groups in total. The summed E-state index contributed by atoms with van der Waals surface area (Å²) in [6.45, 7) is 2.12. The second-order valence-electron chi connectivity index (χ2n) is 8.70. The molecule has 1 aromatic carbocycles. The van der Waals surface area contributed by atoms with Crippen molar-refractivity contribution in [1.82, 2.24) is 4.98 Å². The SMILES string of the molecule is CCOC(=O)c1ccc2c(n1)CCC1C2=NN(c2ccc(C#N)c(Cl)c2)C1C1CCCC1. The molecule has 6 nitrogen and oxygen atoms in total. The molecule has 3 aliphatic rings. The van der Waals surface area contributed by atoms with Crippen LogP contribution in [-0.4, -0.2) is 29.3 Å². The number of rotatable bonds is 4. The number of nitriles is 1. The van der Waals surface area contributed by atoms with Crippen LogP contribution in [0.2, 0.25) is 5.02 Å². The van der Waals surface area contributed by atoms with Gasteiger partial charge in [-0.2, -0.15) is 10.4 Å². The molecule has 0 bridgehead atoms. The molecular formula is C25H25ClN4O2. The van der Waals surface area contributed by atoms with E-state index in [0.29, 0.717) is 34.7 Å². The molecule has 32 heavy (non-hydrogen) atoms. The molecule has 1 saturated carbocycles. The number of anilines is 1. The number of aryl methyl sites for hydroxylation is 1. The van der Waals surface area contributed by atoms with Gasteiger partial charge in [0.25, 0.3) is 0 Å². The number of pyridine rings is 1. The van der Waals surface area contributed by atoms with Crippen LogP contribution in [0, 0.1) is 23.2 Å². The predicted molar refractivity (Wildman–Crippen MR) is 123 cm³/mol. The van der Waals surface area contributed by atoms with Gasteiger partial charge in [-0.25, -0.2) is 9.78 Å². The molecule has 2 heterocycles. The molecule has 5 rings (SSSR count). The Morgan fingerprint density at radius 2 is 2.06 bits per heavy atom. The van der Waals surface area contributed by atoms with Gasteiger partial charge >= 0.3 is 5.97 Å². The van der Waals surface area contributed by atoms with Gasteiger partial charge in [-0.05, 0) is 68.9 Å². The summed E-state index contributed by atoms with van der Waals surface area (Å²) in [5, 5.41) is 17.0. The van der Waals surface area contributed by atoms with Crippen molar-refractivity contribution in [2.24, 2.45) is 16.9 Å². The van der Waals surface area contributed by atoms with E-state index >= 15 is 0 Å². The molecule has 2 atom stereocenters. The zero-order valence-electron chi connectivity index (χ0n) is 18.1. The number of aromatic nitrogens is 1. The van der Waals surface area contributed by atoms with Crippen LogP contribution in [0.1, 0.15) is 66.3 Å². The van der Waals surface area contributed by atoms with Gasteiger partial charge in [0.2, 0.25) is 0 Å². The minimum atomic E-state index is -0.386. The van der Waals surface area contributed by atoms with Crippen LogP contribution in [0.4, 0.5) is 5.69 Å². The molecule has 2 unspecified atom stereocenters. The molecule has 1 aliphatic heterocycles. The number of halogens is 1. The van der Waals surface area contributed by atoms with Crippen molar-refractivity contribution in [3.05, 3.63) is 57.9 Å². The normalized spacial score (nSPS) is 22.2. The predicted octanol–water partition coefficient (Wildman–Crippen LogP) is 5.13. The Labute approximate surface area is 192 Å². The summed E-state index contributed by atoms with van der Waals surface area (Å²) in [5.41, 5.74) is 4.73. The van der Waals surface area contributed by atoms with Crippen LogP contribution >= 0.6 is 11.6 Å². The molecule has 0 saturated heterocycles. The van der Waals surface area contributed by atoms with Crippen LogP contribution in [0.3, 0.4) is 0 Å². The number of carbonyl (C=O) groups excluding carboxylic acids is 1. The number of hydrogen-bond donors (Lipinski definition) is 0. The molecule has 1 aromatic heterocycles. The Morgan fingerprint density at radius 3 is 2.78 bits per heavy atom. The zero-order chi connectivity index (χ0) is 22.2. The van der Waals surface area contributed by atoms with Gasteiger partial charge in [-0.15, -0.1) is 0 Å². The molecule has 2 aromatic rings. The number of fused-ring (bicyclic) bond motifs is 3. The lowest BCUT2D eigenvalue weighted by Gasteiger charge is -2.34. The van der Waals surface area contributed by atoms with Crippen molar-refractivity contribution in [2.75, 3.05) is 11.6 Å². The number of ether oxygens (including phenoxy) is 1. The first-order valence-corrected chi connectivity index (χ1v) is 11.7. The van der Waals surface area contributed by atoms with Crippen LogP contribution in [0.15, 0.2) is 35.4 Å². The highest BCUT2D eigenvalue weighted by Gasteiger charge is 2.46. The van der Waals surface area contributed by atoms with Crippen LogP contribution in [0.5, 0.6) is 0 Å². The number of nitrogens with zero attached hydrogens (tertiary/aromatic N) is 4. The van der Waals surface area contributed by atoms with Gasteiger partial charge in [0.15, 0.2) is 0 Å². The summed E-state index contributed by atoms with van der Waals surface area (Å²) >= 11 is 6.37. The molecule has 0 amide bonds. The Morgan fingerprint density at radius 1 is 1.25 bits per heavy atom. The van der Waals surface area contributed by atoms with Gasteiger partial charge < -0.3 is 4.74 Å². The van der Waals surface area contributed by atoms with Gasteiger partial charge in [0.1, 0.15) is 11.8 Å². The van der Waals surface area contributed by atoms with E-state index in [1.807, 2.05) is 18.2 Å². The Hall–Kier alpha value is -2.91. The average Bonchev–Trinajstić information content (AvgIpc) is 3.46. The van der Waals surface area contributed by atoms with Gasteiger partial charge in [0.05, 0.1) is 40.3 Å². The van der Waals surface area contributed by atoms with Crippen molar-refractivity contribution in [3.8, 4) is 6.07 Å². The maximum atomic E-state index is 12.1. The minimum absolute atomic E-state index is 0.273. The summed E-state index contributed by atoms with van der Waals surface area (Å²) in [4.78, 5) is 16.8. The van der Waals surface area contributed by atoms with Crippen LogP contribution in [0.25, 0.3) is 0 Å². The average molecular weight is 449 g/mol. The largest absolute Gasteiger partial charge is 0.461 e. The Balaban J connectivity index is 1.55. The van der Waals surface area contributed by atoms with E-state index in [4.69, 9.17) is 21.4 Å². The first-order chi connectivity index (χ1) is 15.6. The van der Waals surface area contributed by atoms with E-state index in [1.165, 1.54) is 25.7 Å². The van der Waals surface area contributed by atoms with Crippen LogP contribution in [-0.2, 0) is 11.2 Å². The summed E-state index contributed by atoms with van der Waals surface area (Å²) in [5.74, 6) is 0.503. The lowest BCUT2D eigenvalue weighted by molar-refractivity contribution is 0.0519. The van der Waals surface area contributed by atoms with Crippen molar-refractivity contribution in [1.29, 1.82) is 5.26 Å². The van der Waals surface area contributed by atoms with Crippen molar-refractivity contribution >= 4 is 29.0 Å². The lowest BCUT2D eigenvalue weighted by Crippen LogP contribution is -2.40. The third-order valence-corrected chi connectivity index (χ3v) is 7.22. The fourth-order valence-electron chi connectivity index (χ4n) is 5.48. The fraction of sp³-hybridized carbons (Fsp3) is 0.440. The maximum absolute atomic E-state index is 12.1. The summed E-state index contributed by atoms with van der Waals surface area (Å²) < 4.78 is 5.12. The second kappa shape index (κ2) is 8.55. The topological polar surface area (TPSA) is 78.6 Å². The highest BCUT2D eigenvalue weighted by atomic mass is 35.5. The van der Waals surface area contributed by atoms with E-state index in [0.717, 1.165) is 35.5 Å². The fourth-order valence-corrected chi connectivity index (χ4v) is 5.70. The summed E-state index contributed by atoms with van der Waals surface area (Å²) in [6.07, 6.45) is 6.69. The highest BCUT2D eigenvalue weighted by molar-refractivity contribution is 6.32. The number of hydrogen-bond acceptors (Lipinski definition) is 6. The third kappa shape index (κ3) is 3.55. The zero-order valence-corrected chi connectivity index (χ0v) is 18.8. The van der Waals surface area contributed by atoms with Gasteiger partial charge in [-0.1, -0.05) is 24.4 Å². The molecule has 0 spiro atoms. The molecule has 7 heteroatoms. The minimum Gasteiger partial charge on any atom is -0.461 e. The third-order valence-electron chi connectivity index (χ3n) is 6.91. The number of carbonyl (C=O) groups is 1. The second-order valence-corrected chi connectivity index (χ2v) is 9.10. The van der Waals surface area contributed by atoms with E-state index in [-0.39, 0.29) is 12.0 Å². The van der Waals surface area contributed by atoms with E-state index in [1.54, 1.807) is 19.1 Å². The summed E-state index contributed by atoms with van der Waals surface area (Å²) in [7, 11) is 0.